The standard InChI is InChI=1S/C20H20FN5O2S2/c1-3-13-8-6-7-12(2)17(13)22-19-25-26-20(30-19)29-11-16(27)23-24-18(28)14-9-4-5-10-15(14)21/h4-10H,3,11H2,1-2H3,(H,22,25)(H,23,27)(H,24,28). The fourth-order valence-electron chi connectivity index (χ4n) is 2.63. The Bertz CT molecular complexity index is 1060. The molecule has 10 heteroatoms. The maximum Gasteiger partial charge on any atom is 0.272 e. The second-order valence-corrected chi connectivity index (χ2v) is 8.43. The second kappa shape index (κ2) is 10.2. The summed E-state index contributed by atoms with van der Waals surface area (Å²) in [5.41, 5.74) is 7.63. The molecule has 1 aromatic heterocycles. The molecular weight excluding hydrogens is 425 g/mol. The van der Waals surface area contributed by atoms with Crippen molar-refractivity contribution >= 4 is 45.7 Å². The quantitative estimate of drug-likeness (QED) is 0.378. The molecule has 0 saturated heterocycles. The van der Waals surface area contributed by atoms with Crippen molar-refractivity contribution in [1.82, 2.24) is 21.0 Å². The lowest BCUT2D eigenvalue weighted by Crippen LogP contribution is -2.42. The van der Waals surface area contributed by atoms with Crippen molar-refractivity contribution in [2.45, 2.75) is 24.6 Å². The van der Waals surface area contributed by atoms with Crippen molar-refractivity contribution in [3.63, 3.8) is 0 Å². The predicted molar refractivity (Wildman–Crippen MR) is 116 cm³/mol. The summed E-state index contributed by atoms with van der Waals surface area (Å²) in [5, 5.41) is 12.1. The van der Waals surface area contributed by atoms with E-state index in [2.05, 4.69) is 39.4 Å². The smallest absolute Gasteiger partial charge is 0.272 e. The lowest BCUT2D eigenvalue weighted by atomic mass is 10.1. The molecule has 0 saturated carbocycles. The monoisotopic (exact) mass is 445 g/mol. The number of carbonyl (C=O) groups is 2. The first kappa shape index (κ1) is 21.7. The molecule has 2 aromatic carbocycles. The number of hydrazine groups is 1. The number of aryl methyl sites for hydroxylation is 2. The number of para-hydroxylation sites is 1. The van der Waals surface area contributed by atoms with Crippen molar-refractivity contribution in [2.24, 2.45) is 0 Å². The van der Waals surface area contributed by atoms with E-state index in [-0.39, 0.29) is 11.3 Å². The van der Waals surface area contributed by atoms with Crippen LogP contribution < -0.4 is 16.2 Å². The number of halogens is 1. The highest BCUT2D eigenvalue weighted by Crippen LogP contribution is 2.30. The zero-order valence-corrected chi connectivity index (χ0v) is 18.0. The highest BCUT2D eigenvalue weighted by molar-refractivity contribution is 8.01. The molecule has 0 aliphatic rings. The van der Waals surface area contributed by atoms with Gasteiger partial charge in [0, 0.05) is 5.69 Å². The normalized spacial score (nSPS) is 10.5. The molecule has 3 rings (SSSR count). The number of hydrogen-bond acceptors (Lipinski definition) is 7. The zero-order valence-electron chi connectivity index (χ0n) is 16.4. The van der Waals surface area contributed by atoms with Gasteiger partial charge in [0.05, 0.1) is 11.3 Å². The molecule has 7 nitrogen and oxygen atoms in total. The number of hydrogen-bond donors (Lipinski definition) is 3. The topological polar surface area (TPSA) is 96.0 Å². The molecule has 3 N–H and O–H groups in total. The molecule has 0 bridgehead atoms. The summed E-state index contributed by atoms with van der Waals surface area (Å²) in [7, 11) is 0. The van der Waals surface area contributed by atoms with E-state index in [1.165, 1.54) is 52.9 Å². The van der Waals surface area contributed by atoms with Crippen LogP contribution >= 0.6 is 23.1 Å². The first-order valence-corrected chi connectivity index (χ1v) is 10.9. The highest BCUT2D eigenvalue weighted by Gasteiger charge is 2.13. The van der Waals surface area contributed by atoms with Gasteiger partial charge in [-0.05, 0) is 36.6 Å². The number of nitrogens with one attached hydrogen (secondary N) is 3. The molecule has 0 aliphatic heterocycles. The van der Waals surface area contributed by atoms with Gasteiger partial charge < -0.3 is 5.32 Å². The summed E-state index contributed by atoms with van der Waals surface area (Å²) in [5.74, 6) is -1.80. The van der Waals surface area contributed by atoms with Crippen molar-refractivity contribution < 1.29 is 14.0 Å². The van der Waals surface area contributed by atoms with Crippen molar-refractivity contribution in [3.8, 4) is 0 Å². The average molecular weight is 446 g/mol. The van der Waals surface area contributed by atoms with Crippen LogP contribution in [0.5, 0.6) is 0 Å². The lowest BCUT2D eigenvalue weighted by molar-refractivity contribution is -0.119. The number of anilines is 2. The van der Waals surface area contributed by atoms with Gasteiger partial charge in [-0.25, -0.2) is 4.39 Å². The van der Waals surface area contributed by atoms with Crippen LogP contribution in [0.15, 0.2) is 46.8 Å². The number of rotatable bonds is 7. The molecule has 0 aliphatic carbocycles. The van der Waals surface area contributed by atoms with Crippen LogP contribution in [0.1, 0.15) is 28.4 Å². The van der Waals surface area contributed by atoms with E-state index >= 15 is 0 Å². The Labute approximate surface area is 181 Å². The summed E-state index contributed by atoms with van der Waals surface area (Å²) in [4.78, 5) is 23.9. The number of benzene rings is 2. The van der Waals surface area contributed by atoms with Crippen molar-refractivity contribution in [2.75, 3.05) is 11.1 Å². The summed E-state index contributed by atoms with van der Waals surface area (Å²) < 4.78 is 14.2. The fraction of sp³-hybridized carbons (Fsp3) is 0.200. The Morgan fingerprint density at radius 1 is 1.10 bits per heavy atom. The molecular formula is C20H20FN5O2S2. The largest absolute Gasteiger partial charge is 0.330 e. The maximum absolute atomic E-state index is 13.6. The fourth-order valence-corrected chi connectivity index (χ4v) is 4.19. The van der Waals surface area contributed by atoms with Gasteiger partial charge in [-0.3, -0.25) is 20.4 Å². The Kier molecular flexibility index (Phi) is 7.36. The van der Waals surface area contributed by atoms with E-state index in [0.29, 0.717) is 9.47 Å². The maximum atomic E-state index is 13.6. The second-order valence-electron chi connectivity index (χ2n) is 6.23. The predicted octanol–water partition coefficient (Wildman–Crippen LogP) is 3.84. The van der Waals surface area contributed by atoms with Gasteiger partial charge in [0.1, 0.15) is 5.82 Å². The highest BCUT2D eigenvalue weighted by atomic mass is 32.2. The molecule has 156 valence electrons. The minimum atomic E-state index is -0.723. The van der Waals surface area contributed by atoms with Crippen LogP contribution in [0.3, 0.4) is 0 Å². The van der Waals surface area contributed by atoms with Gasteiger partial charge in [-0.15, -0.1) is 10.2 Å². The summed E-state index contributed by atoms with van der Waals surface area (Å²) in [6, 6.07) is 11.6. The van der Waals surface area contributed by atoms with Gasteiger partial charge in [-0.2, -0.15) is 0 Å². The first-order chi connectivity index (χ1) is 14.5. The Morgan fingerprint density at radius 2 is 1.90 bits per heavy atom. The van der Waals surface area contributed by atoms with Gasteiger partial charge in [0.15, 0.2) is 4.34 Å². The number of aromatic nitrogens is 2. The summed E-state index contributed by atoms with van der Waals surface area (Å²) in [6.45, 7) is 4.11. The van der Waals surface area contributed by atoms with Crippen LogP contribution in [0.2, 0.25) is 0 Å². The number of nitrogens with zero attached hydrogens (tertiary/aromatic N) is 2. The zero-order chi connectivity index (χ0) is 21.5. The molecule has 0 radical (unpaired) electrons. The van der Waals surface area contributed by atoms with Gasteiger partial charge in [0.25, 0.3) is 5.91 Å². The van der Waals surface area contributed by atoms with E-state index in [9.17, 15) is 14.0 Å². The summed E-state index contributed by atoms with van der Waals surface area (Å²) >= 11 is 2.53. The number of amides is 2. The molecule has 1 heterocycles. The minimum Gasteiger partial charge on any atom is -0.330 e. The van der Waals surface area contributed by atoms with Gasteiger partial charge >= 0.3 is 0 Å². The Balaban J connectivity index is 1.50. The van der Waals surface area contributed by atoms with Crippen LogP contribution in [0.25, 0.3) is 0 Å². The van der Waals surface area contributed by atoms with Crippen molar-refractivity contribution in [3.05, 3.63) is 65.0 Å². The third-order valence-electron chi connectivity index (χ3n) is 4.14. The van der Waals surface area contributed by atoms with Crippen molar-refractivity contribution in [1.29, 1.82) is 0 Å². The average Bonchev–Trinajstić information content (AvgIpc) is 3.19. The molecule has 0 atom stereocenters. The van der Waals surface area contributed by atoms with Crippen LogP contribution in [-0.4, -0.2) is 27.8 Å². The van der Waals surface area contributed by atoms with E-state index in [1.807, 2.05) is 19.1 Å². The Hall–Kier alpha value is -2.98. The third kappa shape index (κ3) is 5.55. The van der Waals surface area contributed by atoms with E-state index in [0.717, 1.165) is 17.7 Å². The van der Waals surface area contributed by atoms with E-state index in [4.69, 9.17) is 0 Å². The van der Waals surface area contributed by atoms with E-state index < -0.39 is 17.6 Å². The third-order valence-corrected chi connectivity index (χ3v) is 6.11. The van der Waals surface area contributed by atoms with Crippen LogP contribution in [0, 0.1) is 12.7 Å². The molecule has 0 fully saturated rings. The molecule has 3 aromatic rings. The molecule has 30 heavy (non-hydrogen) atoms. The molecule has 2 amide bonds. The minimum absolute atomic E-state index is 0.0246. The first-order valence-electron chi connectivity index (χ1n) is 9.13. The Morgan fingerprint density at radius 3 is 2.67 bits per heavy atom. The SMILES string of the molecule is CCc1cccc(C)c1Nc1nnc(SCC(=O)NNC(=O)c2ccccc2F)s1. The van der Waals surface area contributed by atoms with Crippen LogP contribution in [-0.2, 0) is 11.2 Å². The van der Waals surface area contributed by atoms with Gasteiger partial charge in [0.2, 0.25) is 11.0 Å². The summed E-state index contributed by atoms with van der Waals surface area (Å²) in [6.07, 6.45) is 0.892. The lowest BCUT2D eigenvalue weighted by Gasteiger charge is -2.11. The molecule has 0 unspecified atom stereocenters. The van der Waals surface area contributed by atoms with Crippen LogP contribution in [0.4, 0.5) is 15.2 Å². The molecule has 0 spiro atoms. The number of thioether (sulfide) groups is 1. The van der Waals surface area contributed by atoms with Gasteiger partial charge in [-0.1, -0.05) is 60.4 Å². The van der Waals surface area contributed by atoms with E-state index in [1.54, 1.807) is 0 Å². The number of carbonyl (C=O) groups excluding carboxylic acids is 2.